The lowest BCUT2D eigenvalue weighted by molar-refractivity contribution is 0.438. The van der Waals surface area contributed by atoms with Crippen molar-refractivity contribution in [1.29, 1.82) is 0 Å². The van der Waals surface area contributed by atoms with E-state index in [1.165, 1.54) is 11.1 Å². The number of aromatic hydroxyl groups is 1. The summed E-state index contributed by atoms with van der Waals surface area (Å²) in [6, 6.07) is 4.18. The Labute approximate surface area is 119 Å². The van der Waals surface area contributed by atoms with Crippen molar-refractivity contribution in [2.24, 2.45) is 0 Å². The van der Waals surface area contributed by atoms with Gasteiger partial charge in [-0.1, -0.05) is 68.4 Å². The van der Waals surface area contributed by atoms with Gasteiger partial charge in [-0.05, 0) is 39.0 Å². The van der Waals surface area contributed by atoms with Crippen LogP contribution in [0.3, 0.4) is 0 Å². The fraction of sp³-hybridized carbons (Fsp3) is 0.667. The first-order chi connectivity index (χ1) is 8.24. The van der Waals surface area contributed by atoms with E-state index in [4.69, 9.17) is 0 Å². The van der Waals surface area contributed by atoms with E-state index in [0.717, 1.165) is 5.56 Å². The third kappa shape index (κ3) is 3.52. The molecule has 0 atom stereocenters. The maximum Gasteiger partial charge on any atom is 0.119 e. The summed E-state index contributed by atoms with van der Waals surface area (Å²) in [5.74, 6) is 0.422. The van der Waals surface area contributed by atoms with Crippen LogP contribution in [0.4, 0.5) is 0 Å². The van der Waals surface area contributed by atoms with E-state index in [2.05, 4.69) is 68.4 Å². The first-order valence-electron chi connectivity index (χ1n) is 7.13. The van der Waals surface area contributed by atoms with Crippen LogP contribution in [0.15, 0.2) is 12.1 Å². The van der Waals surface area contributed by atoms with Crippen molar-refractivity contribution in [1.82, 2.24) is 0 Å². The predicted molar refractivity (Wildman–Crippen MR) is 84.2 cm³/mol. The minimum Gasteiger partial charge on any atom is -0.508 e. The molecule has 0 bridgehead atoms. The number of rotatable bonds is 0. The largest absolute Gasteiger partial charge is 0.508 e. The van der Waals surface area contributed by atoms with Crippen LogP contribution >= 0.6 is 0 Å². The fourth-order valence-electron chi connectivity index (χ4n) is 2.43. The Hall–Kier alpha value is -0.980. The van der Waals surface area contributed by atoms with Gasteiger partial charge in [0.05, 0.1) is 0 Å². The lowest BCUT2D eigenvalue weighted by Gasteiger charge is -2.33. The Morgan fingerprint density at radius 1 is 0.579 bits per heavy atom. The third-order valence-corrected chi connectivity index (χ3v) is 3.56. The highest BCUT2D eigenvalue weighted by atomic mass is 16.3. The van der Waals surface area contributed by atoms with Crippen LogP contribution in [0, 0.1) is 0 Å². The molecule has 1 N–H and O–H groups in total. The second-order valence-corrected chi connectivity index (χ2v) is 8.66. The summed E-state index contributed by atoms with van der Waals surface area (Å²) in [4.78, 5) is 0. The summed E-state index contributed by atoms with van der Waals surface area (Å²) in [5.41, 5.74) is 3.69. The van der Waals surface area contributed by atoms with Gasteiger partial charge in [-0.3, -0.25) is 0 Å². The summed E-state index contributed by atoms with van der Waals surface area (Å²) in [5, 5.41) is 10.4. The monoisotopic (exact) mass is 262 g/mol. The normalized spacial score (nSPS) is 13.7. The van der Waals surface area contributed by atoms with Crippen molar-refractivity contribution in [2.45, 2.75) is 78.6 Å². The molecule has 0 aromatic heterocycles. The van der Waals surface area contributed by atoms with Gasteiger partial charge in [-0.25, -0.2) is 0 Å². The molecule has 1 rings (SSSR count). The Morgan fingerprint density at radius 3 is 1.21 bits per heavy atom. The zero-order valence-corrected chi connectivity index (χ0v) is 14.1. The molecule has 0 aliphatic carbocycles. The van der Waals surface area contributed by atoms with Crippen LogP contribution in [-0.4, -0.2) is 5.11 Å². The molecule has 0 heterocycles. The fourth-order valence-corrected chi connectivity index (χ4v) is 2.43. The zero-order valence-electron chi connectivity index (χ0n) is 14.1. The van der Waals surface area contributed by atoms with Gasteiger partial charge in [0, 0.05) is 0 Å². The number of phenols is 1. The summed E-state index contributed by atoms with van der Waals surface area (Å²) in [6.07, 6.45) is 0. The molecule has 0 fully saturated rings. The second kappa shape index (κ2) is 4.54. The molecule has 0 saturated heterocycles. The Bertz CT molecular complexity index is 462. The highest BCUT2D eigenvalue weighted by molar-refractivity contribution is 5.49. The van der Waals surface area contributed by atoms with Gasteiger partial charge in [0.25, 0.3) is 0 Å². The van der Waals surface area contributed by atoms with Gasteiger partial charge < -0.3 is 5.11 Å². The molecule has 0 amide bonds. The predicted octanol–water partition coefficient (Wildman–Crippen LogP) is 5.28. The van der Waals surface area contributed by atoms with E-state index in [0.29, 0.717) is 5.75 Å². The van der Waals surface area contributed by atoms with Crippen LogP contribution in [0.5, 0.6) is 5.75 Å². The van der Waals surface area contributed by atoms with E-state index in [-0.39, 0.29) is 16.2 Å². The highest BCUT2D eigenvalue weighted by Gasteiger charge is 2.29. The topological polar surface area (TPSA) is 20.2 Å². The molecule has 1 nitrogen and oxygen atoms in total. The average Bonchev–Trinajstić information content (AvgIpc) is 2.11. The number of hydrogen-bond acceptors (Lipinski definition) is 1. The minimum atomic E-state index is -0.0412. The van der Waals surface area contributed by atoms with Crippen LogP contribution in [-0.2, 0) is 16.2 Å². The van der Waals surface area contributed by atoms with Crippen LogP contribution in [0.25, 0.3) is 0 Å². The van der Waals surface area contributed by atoms with Gasteiger partial charge in [0.1, 0.15) is 5.75 Å². The average molecular weight is 262 g/mol. The van der Waals surface area contributed by atoms with Crippen LogP contribution in [0.1, 0.15) is 79.0 Å². The van der Waals surface area contributed by atoms with Crippen molar-refractivity contribution < 1.29 is 5.11 Å². The summed E-state index contributed by atoms with van der Waals surface area (Å²) < 4.78 is 0. The van der Waals surface area contributed by atoms with Gasteiger partial charge in [-0.15, -0.1) is 0 Å². The lowest BCUT2D eigenvalue weighted by Crippen LogP contribution is -2.24. The molecule has 0 aliphatic heterocycles. The number of phenolic OH excluding ortho intramolecular Hbond substituents is 1. The molecule has 0 radical (unpaired) electrons. The minimum absolute atomic E-state index is 0.0382. The van der Waals surface area contributed by atoms with E-state index in [1.54, 1.807) is 0 Å². The highest BCUT2D eigenvalue weighted by Crippen LogP contribution is 2.41. The van der Waals surface area contributed by atoms with Crippen LogP contribution < -0.4 is 0 Å². The number of benzene rings is 1. The first-order valence-corrected chi connectivity index (χ1v) is 7.13. The first kappa shape index (κ1) is 16.1. The van der Waals surface area contributed by atoms with Gasteiger partial charge in [-0.2, -0.15) is 0 Å². The SMILES string of the molecule is CC(C)(C)c1cc(C(C)(C)C)c(C(C)(C)C)cc1O. The van der Waals surface area contributed by atoms with Crippen molar-refractivity contribution in [2.75, 3.05) is 0 Å². The molecule has 1 aromatic rings. The molecule has 0 aliphatic rings. The van der Waals surface area contributed by atoms with E-state index >= 15 is 0 Å². The molecular weight excluding hydrogens is 232 g/mol. The Kier molecular flexibility index (Phi) is 3.84. The quantitative estimate of drug-likeness (QED) is 0.674. The van der Waals surface area contributed by atoms with Crippen molar-refractivity contribution in [3.05, 3.63) is 28.8 Å². The molecule has 1 aromatic carbocycles. The van der Waals surface area contributed by atoms with Crippen molar-refractivity contribution in [3.8, 4) is 5.75 Å². The maximum absolute atomic E-state index is 10.4. The summed E-state index contributed by atoms with van der Waals surface area (Å²) in [7, 11) is 0. The van der Waals surface area contributed by atoms with E-state index < -0.39 is 0 Å². The molecule has 0 spiro atoms. The van der Waals surface area contributed by atoms with Gasteiger partial charge in [0.2, 0.25) is 0 Å². The maximum atomic E-state index is 10.4. The summed E-state index contributed by atoms with van der Waals surface area (Å²) >= 11 is 0. The summed E-state index contributed by atoms with van der Waals surface area (Å²) in [6.45, 7) is 19.8. The van der Waals surface area contributed by atoms with Gasteiger partial charge >= 0.3 is 0 Å². The van der Waals surface area contributed by atoms with Crippen molar-refractivity contribution >= 4 is 0 Å². The molecule has 0 unspecified atom stereocenters. The smallest absolute Gasteiger partial charge is 0.119 e. The Balaban J connectivity index is 3.66. The zero-order chi connectivity index (χ0) is 15.2. The van der Waals surface area contributed by atoms with E-state index in [9.17, 15) is 5.11 Å². The van der Waals surface area contributed by atoms with E-state index in [1.807, 2.05) is 6.07 Å². The third-order valence-electron chi connectivity index (χ3n) is 3.56. The van der Waals surface area contributed by atoms with Crippen LogP contribution in [0.2, 0.25) is 0 Å². The molecule has 108 valence electrons. The second-order valence-electron chi connectivity index (χ2n) is 8.66. The molecular formula is C18H30O. The van der Waals surface area contributed by atoms with Crippen molar-refractivity contribution in [3.63, 3.8) is 0 Å². The number of hydrogen-bond donors (Lipinski definition) is 1. The van der Waals surface area contributed by atoms with Gasteiger partial charge in [0.15, 0.2) is 0 Å². The molecule has 1 heteroatoms. The molecule has 19 heavy (non-hydrogen) atoms. The Morgan fingerprint density at radius 2 is 0.895 bits per heavy atom. The molecule has 0 saturated carbocycles. The lowest BCUT2D eigenvalue weighted by atomic mass is 9.72. The standard InChI is InChI=1S/C18H30O/c1-16(2,3)12-10-14(18(7,8)9)15(19)11-13(12)17(4,5)6/h10-11,19H,1-9H3.